The van der Waals surface area contributed by atoms with E-state index in [1.54, 1.807) is 18.2 Å². The molecule has 0 bridgehead atoms. The molecule has 0 aliphatic carbocycles. The SMILES string of the molecule is CCC(O)CNC(=O)Nc1ccc2nc(-c3cccc(C(C)=O)c3)c(-c3cccc(C(C)=O)c3)cc2c1. The number of hydrogen-bond donors (Lipinski definition) is 3. The summed E-state index contributed by atoms with van der Waals surface area (Å²) in [5.74, 6) is -0.0790. The van der Waals surface area contributed by atoms with E-state index >= 15 is 0 Å². The van der Waals surface area contributed by atoms with E-state index in [1.165, 1.54) is 13.8 Å². The number of aliphatic hydroxyl groups excluding tert-OH is 1. The molecule has 0 radical (unpaired) electrons. The van der Waals surface area contributed by atoms with Gasteiger partial charge in [-0.25, -0.2) is 9.78 Å². The first kappa shape index (κ1) is 25.7. The number of hydrogen-bond acceptors (Lipinski definition) is 5. The van der Waals surface area contributed by atoms with Crippen LogP contribution in [0.4, 0.5) is 10.5 Å². The lowest BCUT2D eigenvalue weighted by Gasteiger charge is -2.14. The smallest absolute Gasteiger partial charge is 0.319 e. The van der Waals surface area contributed by atoms with Crippen LogP contribution in [0.1, 0.15) is 47.9 Å². The van der Waals surface area contributed by atoms with Crippen LogP contribution >= 0.6 is 0 Å². The number of nitrogens with one attached hydrogen (secondary N) is 2. The lowest BCUT2D eigenvalue weighted by Crippen LogP contribution is -2.34. The number of nitrogens with zero attached hydrogens (tertiary/aromatic N) is 1. The number of ketones is 2. The van der Waals surface area contributed by atoms with Crippen LogP contribution in [0.15, 0.2) is 72.8 Å². The molecule has 0 fully saturated rings. The summed E-state index contributed by atoms with van der Waals surface area (Å²) in [4.78, 5) is 41.3. The molecule has 0 saturated carbocycles. The summed E-state index contributed by atoms with van der Waals surface area (Å²) in [5.41, 5.74) is 5.54. The minimum Gasteiger partial charge on any atom is -0.391 e. The second kappa shape index (κ2) is 11.1. The zero-order valence-corrected chi connectivity index (χ0v) is 21.0. The number of anilines is 1. The third-order valence-electron chi connectivity index (χ3n) is 6.16. The van der Waals surface area contributed by atoms with E-state index in [1.807, 2.05) is 61.5 Å². The van der Waals surface area contributed by atoms with Crippen molar-refractivity contribution in [3.63, 3.8) is 0 Å². The van der Waals surface area contributed by atoms with Gasteiger partial charge in [-0.3, -0.25) is 9.59 Å². The molecule has 1 atom stereocenters. The van der Waals surface area contributed by atoms with Crippen molar-refractivity contribution in [1.29, 1.82) is 0 Å². The summed E-state index contributed by atoms with van der Waals surface area (Å²) < 4.78 is 0. The van der Waals surface area contributed by atoms with Crippen molar-refractivity contribution in [2.75, 3.05) is 11.9 Å². The van der Waals surface area contributed by atoms with Crippen LogP contribution in [0.25, 0.3) is 33.3 Å². The normalized spacial score (nSPS) is 11.7. The molecule has 37 heavy (non-hydrogen) atoms. The molecule has 1 unspecified atom stereocenters. The van der Waals surface area contributed by atoms with E-state index in [2.05, 4.69) is 10.6 Å². The van der Waals surface area contributed by atoms with Crippen LogP contribution in [-0.4, -0.2) is 40.3 Å². The molecular weight excluding hydrogens is 466 g/mol. The average Bonchev–Trinajstić information content (AvgIpc) is 2.91. The molecular formula is C30H29N3O4. The number of carbonyl (C=O) groups is 3. The monoisotopic (exact) mass is 495 g/mol. The highest BCUT2D eigenvalue weighted by atomic mass is 16.3. The van der Waals surface area contributed by atoms with Crippen molar-refractivity contribution < 1.29 is 19.5 Å². The quantitative estimate of drug-likeness (QED) is 0.265. The zero-order chi connectivity index (χ0) is 26.5. The first-order valence-corrected chi connectivity index (χ1v) is 12.2. The van der Waals surface area contributed by atoms with Gasteiger partial charge in [0.05, 0.1) is 17.3 Å². The molecule has 2 amide bonds. The molecule has 0 aliphatic rings. The maximum Gasteiger partial charge on any atom is 0.319 e. The zero-order valence-electron chi connectivity index (χ0n) is 21.0. The fourth-order valence-corrected chi connectivity index (χ4v) is 4.02. The minimum atomic E-state index is -0.597. The fraction of sp³-hybridized carbons (Fsp3) is 0.200. The molecule has 188 valence electrons. The van der Waals surface area contributed by atoms with Gasteiger partial charge in [-0.2, -0.15) is 0 Å². The number of urea groups is 1. The van der Waals surface area contributed by atoms with Crippen LogP contribution < -0.4 is 10.6 Å². The molecule has 0 spiro atoms. The van der Waals surface area contributed by atoms with Crippen molar-refractivity contribution in [3.8, 4) is 22.4 Å². The van der Waals surface area contributed by atoms with E-state index in [0.717, 1.165) is 22.1 Å². The molecule has 0 aliphatic heterocycles. The van der Waals surface area contributed by atoms with E-state index in [9.17, 15) is 19.5 Å². The third kappa shape index (κ3) is 6.08. The minimum absolute atomic E-state index is 0.0387. The Morgan fingerprint density at radius 2 is 1.51 bits per heavy atom. The van der Waals surface area contributed by atoms with Gasteiger partial charge >= 0.3 is 6.03 Å². The summed E-state index contributed by atoms with van der Waals surface area (Å²) in [5, 5.41) is 15.9. The Bertz CT molecular complexity index is 1500. The first-order chi connectivity index (χ1) is 17.7. The van der Waals surface area contributed by atoms with Crippen LogP contribution in [0.2, 0.25) is 0 Å². The van der Waals surface area contributed by atoms with Crippen molar-refractivity contribution >= 4 is 34.2 Å². The predicted octanol–water partition coefficient (Wildman–Crippen LogP) is 5.87. The van der Waals surface area contributed by atoms with Gasteiger partial charge in [-0.05, 0) is 62.2 Å². The molecule has 4 rings (SSSR count). The van der Waals surface area contributed by atoms with E-state index in [-0.39, 0.29) is 18.1 Å². The Morgan fingerprint density at radius 3 is 2.16 bits per heavy atom. The van der Waals surface area contributed by atoms with E-state index in [4.69, 9.17) is 4.98 Å². The Kier molecular flexibility index (Phi) is 7.74. The van der Waals surface area contributed by atoms with Gasteiger partial charge < -0.3 is 15.7 Å². The Hall–Kier alpha value is -4.36. The second-order valence-electron chi connectivity index (χ2n) is 8.96. The highest BCUT2D eigenvalue weighted by Gasteiger charge is 2.15. The van der Waals surface area contributed by atoms with Gasteiger partial charge in [-0.1, -0.05) is 43.3 Å². The highest BCUT2D eigenvalue weighted by molar-refractivity contribution is 6.00. The van der Waals surface area contributed by atoms with Gasteiger partial charge in [0, 0.05) is 39.9 Å². The summed E-state index contributed by atoms with van der Waals surface area (Å²) in [6.45, 7) is 5.06. The predicted molar refractivity (Wildman–Crippen MR) is 146 cm³/mol. The molecule has 4 aromatic rings. The van der Waals surface area contributed by atoms with Crippen LogP contribution in [0, 0.1) is 0 Å². The Balaban J connectivity index is 1.81. The number of benzene rings is 3. The Morgan fingerprint density at radius 1 is 0.865 bits per heavy atom. The highest BCUT2D eigenvalue weighted by Crippen LogP contribution is 2.35. The molecule has 0 saturated heterocycles. The lowest BCUT2D eigenvalue weighted by molar-refractivity contribution is 0.100. The van der Waals surface area contributed by atoms with Gasteiger partial charge in [0.1, 0.15) is 0 Å². The van der Waals surface area contributed by atoms with Crippen molar-refractivity contribution in [2.45, 2.75) is 33.3 Å². The maximum atomic E-state index is 12.3. The van der Waals surface area contributed by atoms with Gasteiger partial charge in [0.15, 0.2) is 11.6 Å². The van der Waals surface area contributed by atoms with Gasteiger partial charge in [-0.15, -0.1) is 0 Å². The van der Waals surface area contributed by atoms with Gasteiger partial charge in [0.2, 0.25) is 0 Å². The number of pyridine rings is 1. The number of aliphatic hydroxyl groups is 1. The Labute approximate surface area is 215 Å². The largest absolute Gasteiger partial charge is 0.391 e. The second-order valence-corrected chi connectivity index (χ2v) is 8.96. The van der Waals surface area contributed by atoms with Crippen LogP contribution in [0.5, 0.6) is 0 Å². The fourth-order valence-electron chi connectivity index (χ4n) is 4.02. The summed E-state index contributed by atoms with van der Waals surface area (Å²) in [6, 6.07) is 21.6. The number of aromatic nitrogens is 1. The van der Waals surface area contributed by atoms with Crippen LogP contribution in [0.3, 0.4) is 0 Å². The maximum absolute atomic E-state index is 12.3. The molecule has 7 heteroatoms. The molecule has 3 aromatic carbocycles. The summed E-state index contributed by atoms with van der Waals surface area (Å²) in [6.07, 6.45) is -0.0486. The molecule has 1 heterocycles. The van der Waals surface area contributed by atoms with Gasteiger partial charge in [0.25, 0.3) is 0 Å². The number of carbonyl (C=O) groups excluding carboxylic acids is 3. The molecule has 3 N–H and O–H groups in total. The number of amides is 2. The number of rotatable bonds is 8. The summed E-state index contributed by atoms with van der Waals surface area (Å²) >= 11 is 0. The van der Waals surface area contributed by atoms with E-state index in [0.29, 0.717) is 34.4 Å². The standard InChI is InChI=1S/C30H29N3O4/c1-4-26(36)17-31-30(37)32-25-11-12-28-24(15-25)16-27(22-9-5-7-20(13-22)18(2)34)29(33-28)23-10-6-8-21(14-23)19(3)35/h5-16,26,36H,4,17H2,1-3H3,(H2,31,32,37). The van der Waals surface area contributed by atoms with Crippen molar-refractivity contribution in [2.24, 2.45) is 0 Å². The number of Topliss-reactive ketones (excluding diaryl/α,β-unsaturated/α-hetero) is 2. The van der Waals surface area contributed by atoms with Crippen LogP contribution in [-0.2, 0) is 0 Å². The van der Waals surface area contributed by atoms with Crippen molar-refractivity contribution in [1.82, 2.24) is 10.3 Å². The number of fused-ring (bicyclic) bond motifs is 1. The molecule has 1 aromatic heterocycles. The topological polar surface area (TPSA) is 108 Å². The van der Waals surface area contributed by atoms with E-state index < -0.39 is 12.1 Å². The van der Waals surface area contributed by atoms with Crippen molar-refractivity contribution in [3.05, 3.63) is 83.9 Å². The third-order valence-corrected chi connectivity index (χ3v) is 6.16. The first-order valence-electron chi connectivity index (χ1n) is 12.2. The molecule has 7 nitrogen and oxygen atoms in total. The lowest BCUT2D eigenvalue weighted by atomic mass is 9.94. The summed E-state index contributed by atoms with van der Waals surface area (Å²) in [7, 11) is 0. The average molecular weight is 496 g/mol.